The molecule has 1 aromatic carbocycles. The molecule has 1 atom stereocenters. The summed E-state index contributed by atoms with van der Waals surface area (Å²) in [6.45, 7) is 0.768. The molecule has 0 radical (unpaired) electrons. The molecule has 108 valence electrons. The van der Waals surface area contributed by atoms with Crippen molar-refractivity contribution in [1.29, 1.82) is 0 Å². The van der Waals surface area contributed by atoms with Crippen LogP contribution in [0.25, 0.3) is 5.69 Å². The zero-order valence-corrected chi connectivity index (χ0v) is 11.2. The van der Waals surface area contributed by atoms with E-state index in [0.29, 0.717) is 18.5 Å². The van der Waals surface area contributed by atoms with Gasteiger partial charge in [0, 0.05) is 24.3 Å². The van der Waals surface area contributed by atoms with E-state index < -0.39 is 11.9 Å². The number of rotatable bonds is 3. The third-order valence-electron chi connectivity index (χ3n) is 3.66. The van der Waals surface area contributed by atoms with Crippen molar-refractivity contribution in [3.8, 4) is 5.69 Å². The highest BCUT2D eigenvalue weighted by Crippen LogP contribution is 2.19. The summed E-state index contributed by atoms with van der Waals surface area (Å²) in [4.78, 5) is 24.8. The maximum Gasteiger partial charge on any atom is 0.308 e. The Morgan fingerprint density at radius 2 is 1.81 bits per heavy atom. The van der Waals surface area contributed by atoms with Gasteiger partial charge in [-0.05, 0) is 30.7 Å². The molecule has 21 heavy (non-hydrogen) atoms. The van der Waals surface area contributed by atoms with E-state index in [-0.39, 0.29) is 12.5 Å². The van der Waals surface area contributed by atoms with Gasteiger partial charge < -0.3 is 10.0 Å². The van der Waals surface area contributed by atoms with Crippen molar-refractivity contribution in [3.05, 3.63) is 42.5 Å². The lowest BCUT2D eigenvalue weighted by Crippen LogP contribution is -2.29. The minimum Gasteiger partial charge on any atom is -0.481 e. The number of aliphatic carboxylic acids is 1. The predicted molar refractivity (Wildman–Crippen MR) is 73.0 cm³/mol. The molecule has 2 heterocycles. The van der Waals surface area contributed by atoms with Gasteiger partial charge in [-0.3, -0.25) is 14.2 Å². The SMILES string of the molecule is O=C(O)[C@H]1CCN(C(=O)c2ccc(-n3cnnc3)cc2)C1. The number of amides is 1. The van der Waals surface area contributed by atoms with E-state index in [1.54, 1.807) is 46.4 Å². The number of hydrogen-bond donors (Lipinski definition) is 1. The summed E-state index contributed by atoms with van der Waals surface area (Å²) in [6, 6.07) is 7.07. The number of carboxylic acid groups (broad SMARTS) is 1. The molecule has 2 aromatic rings. The third-order valence-corrected chi connectivity index (χ3v) is 3.66. The number of aromatic nitrogens is 3. The van der Waals surface area contributed by atoms with Crippen molar-refractivity contribution in [3.63, 3.8) is 0 Å². The van der Waals surface area contributed by atoms with E-state index in [9.17, 15) is 9.59 Å². The van der Waals surface area contributed by atoms with Gasteiger partial charge >= 0.3 is 5.97 Å². The van der Waals surface area contributed by atoms with Gasteiger partial charge in [0.15, 0.2) is 0 Å². The molecule has 0 spiro atoms. The van der Waals surface area contributed by atoms with Gasteiger partial charge in [-0.1, -0.05) is 0 Å². The number of hydrogen-bond acceptors (Lipinski definition) is 4. The Hall–Kier alpha value is -2.70. The van der Waals surface area contributed by atoms with Crippen molar-refractivity contribution in [2.75, 3.05) is 13.1 Å². The van der Waals surface area contributed by atoms with Crippen LogP contribution in [-0.4, -0.2) is 49.7 Å². The molecule has 0 bridgehead atoms. The van der Waals surface area contributed by atoms with Gasteiger partial charge in [-0.25, -0.2) is 0 Å². The van der Waals surface area contributed by atoms with Crippen molar-refractivity contribution in [1.82, 2.24) is 19.7 Å². The van der Waals surface area contributed by atoms with E-state index in [1.807, 2.05) is 0 Å². The fraction of sp³-hybridized carbons (Fsp3) is 0.286. The Morgan fingerprint density at radius 1 is 1.14 bits per heavy atom. The van der Waals surface area contributed by atoms with E-state index in [2.05, 4.69) is 10.2 Å². The fourth-order valence-electron chi connectivity index (χ4n) is 2.44. The molecule has 1 saturated heterocycles. The van der Waals surface area contributed by atoms with Gasteiger partial charge in [-0.15, -0.1) is 10.2 Å². The van der Waals surface area contributed by atoms with Crippen LogP contribution >= 0.6 is 0 Å². The summed E-state index contributed by atoms with van der Waals surface area (Å²) < 4.78 is 1.74. The molecule has 0 aliphatic carbocycles. The van der Waals surface area contributed by atoms with Gasteiger partial charge in [0.1, 0.15) is 12.7 Å². The number of carboxylic acids is 1. The lowest BCUT2D eigenvalue weighted by Gasteiger charge is -2.16. The smallest absolute Gasteiger partial charge is 0.308 e. The highest BCUT2D eigenvalue weighted by Gasteiger charge is 2.31. The lowest BCUT2D eigenvalue weighted by molar-refractivity contribution is -0.141. The van der Waals surface area contributed by atoms with E-state index in [4.69, 9.17) is 5.11 Å². The molecule has 1 aliphatic rings. The molecule has 1 N–H and O–H groups in total. The Labute approximate surface area is 120 Å². The second-order valence-corrected chi connectivity index (χ2v) is 4.99. The topological polar surface area (TPSA) is 88.3 Å². The minimum atomic E-state index is -0.840. The third kappa shape index (κ3) is 2.62. The lowest BCUT2D eigenvalue weighted by atomic mass is 10.1. The van der Waals surface area contributed by atoms with E-state index >= 15 is 0 Å². The molecule has 3 rings (SSSR count). The molecule has 1 aromatic heterocycles. The van der Waals surface area contributed by atoms with Crippen LogP contribution < -0.4 is 0 Å². The average molecular weight is 286 g/mol. The van der Waals surface area contributed by atoms with Crippen LogP contribution in [0, 0.1) is 5.92 Å². The van der Waals surface area contributed by atoms with Crippen LogP contribution in [0.15, 0.2) is 36.9 Å². The summed E-state index contributed by atoms with van der Waals surface area (Å²) in [5.74, 6) is -1.42. The molecule has 7 nitrogen and oxygen atoms in total. The zero-order valence-electron chi connectivity index (χ0n) is 11.2. The van der Waals surface area contributed by atoms with E-state index in [0.717, 1.165) is 5.69 Å². The maximum absolute atomic E-state index is 12.3. The summed E-state index contributed by atoms with van der Waals surface area (Å²) in [5.41, 5.74) is 1.42. The summed E-state index contributed by atoms with van der Waals surface area (Å²) in [6.07, 6.45) is 3.67. The van der Waals surface area contributed by atoms with Crippen molar-refractivity contribution < 1.29 is 14.7 Å². The second kappa shape index (κ2) is 5.35. The first-order valence-electron chi connectivity index (χ1n) is 6.62. The maximum atomic E-state index is 12.3. The summed E-state index contributed by atoms with van der Waals surface area (Å²) in [5, 5.41) is 16.4. The van der Waals surface area contributed by atoms with Crippen molar-refractivity contribution in [2.24, 2.45) is 5.92 Å². The molecular formula is C14H14N4O3. The van der Waals surface area contributed by atoms with Crippen LogP contribution in [-0.2, 0) is 4.79 Å². The van der Waals surface area contributed by atoms with Gasteiger partial charge in [0.05, 0.1) is 5.92 Å². The molecule has 1 fully saturated rings. The zero-order chi connectivity index (χ0) is 14.8. The van der Waals surface area contributed by atoms with Gasteiger partial charge in [0.2, 0.25) is 0 Å². The number of carbonyl (C=O) groups excluding carboxylic acids is 1. The Kier molecular flexibility index (Phi) is 3.39. The second-order valence-electron chi connectivity index (χ2n) is 4.99. The highest BCUT2D eigenvalue weighted by molar-refractivity contribution is 5.95. The fourth-order valence-corrected chi connectivity index (χ4v) is 2.44. The first-order valence-corrected chi connectivity index (χ1v) is 6.62. The summed E-state index contributed by atoms with van der Waals surface area (Å²) in [7, 11) is 0. The first-order chi connectivity index (χ1) is 10.1. The molecule has 1 amide bonds. The van der Waals surface area contributed by atoms with Crippen LogP contribution in [0.3, 0.4) is 0 Å². The minimum absolute atomic E-state index is 0.131. The monoisotopic (exact) mass is 286 g/mol. The average Bonchev–Trinajstić information content (AvgIpc) is 3.18. The quantitative estimate of drug-likeness (QED) is 0.902. The molecule has 0 unspecified atom stereocenters. The Morgan fingerprint density at radius 3 is 2.38 bits per heavy atom. The van der Waals surface area contributed by atoms with Gasteiger partial charge in [0.25, 0.3) is 5.91 Å². The Bertz CT molecular complexity index is 651. The predicted octanol–water partition coefficient (Wildman–Crippen LogP) is 0.814. The molecule has 1 aliphatic heterocycles. The molecular weight excluding hydrogens is 272 g/mol. The normalized spacial score (nSPS) is 17.9. The van der Waals surface area contributed by atoms with Crippen molar-refractivity contribution >= 4 is 11.9 Å². The standard InChI is InChI=1S/C14H14N4O3/c19-13(17-6-5-11(7-17)14(20)21)10-1-3-12(4-2-10)18-8-15-16-9-18/h1-4,8-9,11H,5-7H2,(H,20,21)/t11-/m0/s1. The van der Waals surface area contributed by atoms with E-state index in [1.165, 1.54) is 0 Å². The molecule has 0 saturated carbocycles. The number of likely N-dealkylation sites (tertiary alicyclic amines) is 1. The van der Waals surface area contributed by atoms with Crippen LogP contribution in [0.4, 0.5) is 0 Å². The van der Waals surface area contributed by atoms with Crippen molar-refractivity contribution in [2.45, 2.75) is 6.42 Å². The number of nitrogens with zero attached hydrogens (tertiary/aromatic N) is 4. The summed E-state index contributed by atoms with van der Waals surface area (Å²) >= 11 is 0. The highest BCUT2D eigenvalue weighted by atomic mass is 16.4. The largest absolute Gasteiger partial charge is 0.481 e. The van der Waals surface area contributed by atoms with Crippen LogP contribution in [0.2, 0.25) is 0 Å². The number of benzene rings is 1. The number of carbonyl (C=O) groups is 2. The molecule has 7 heteroatoms. The Balaban J connectivity index is 1.72. The first kappa shape index (κ1) is 13.3. The van der Waals surface area contributed by atoms with Crippen LogP contribution in [0.1, 0.15) is 16.8 Å². The van der Waals surface area contributed by atoms with Gasteiger partial charge in [-0.2, -0.15) is 0 Å². The van der Waals surface area contributed by atoms with Crippen LogP contribution in [0.5, 0.6) is 0 Å².